The van der Waals surface area contributed by atoms with E-state index in [1.165, 1.54) is 193 Å². The zero-order valence-corrected chi connectivity index (χ0v) is 30.7. The summed E-state index contributed by atoms with van der Waals surface area (Å²) < 4.78 is 5.92. The Morgan fingerprint density at radius 3 is 0.475 bits per heavy atom. The standard InChI is InChI=1S/6C6H11.2ClH.2Pd/c6*1-2-4-6-5-3-1;;;;/h6*1H,2-6H2;2*1H;;/q;;;;;;;;2*+1/p-2. The van der Waals surface area contributed by atoms with Crippen LogP contribution in [0.1, 0.15) is 193 Å². The molecule has 244 valence electrons. The van der Waals surface area contributed by atoms with E-state index in [-0.39, 0.29) is 0 Å². The Labute approximate surface area is 265 Å². The van der Waals surface area contributed by atoms with E-state index in [1.807, 2.05) is 0 Å². The zero-order valence-electron chi connectivity index (χ0n) is 26.1. The maximum atomic E-state index is 7.73. The van der Waals surface area contributed by atoms with Gasteiger partial charge in [0.15, 0.2) is 0 Å². The van der Waals surface area contributed by atoms with E-state index in [4.69, 9.17) is 19.1 Å². The molecule has 6 fully saturated rings. The molecule has 0 radical (unpaired) electrons. The van der Waals surface area contributed by atoms with Gasteiger partial charge in [-0.1, -0.05) is 0 Å². The molecule has 6 aliphatic rings. The molecule has 0 unspecified atom stereocenters. The van der Waals surface area contributed by atoms with Crippen LogP contribution in [0.4, 0.5) is 0 Å². The SMILES string of the molecule is [Cl][Pd]([CH]1CCCCC1)([CH]1CCCCC1)[CH]1CCCCC1.[Cl][Pd]([CH]1CCCCC1)([CH]1CCCCC1)[CH]1CCCCC1. The van der Waals surface area contributed by atoms with Crippen LogP contribution in [0.25, 0.3) is 0 Å². The van der Waals surface area contributed by atoms with E-state index in [9.17, 15) is 0 Å². The van der Waals surface area contributed by atoms with Crippen molar-refractivity contribution in [2.24, 2.45) is 0 Å². The Bertz CT molecular complexity index is 540. The van der Waals surface area contributed by atoms with Crippen LogP contribution in [0, 0.1) is 0 Å². The van der Waals surface area contributed by atoms with Gasteiger partial charge in [-0.15, -0.1) is 0 Å². The zero-order chi connectivity index (χ0) is 27.7. The number of rotatable bonds is 6. The minimum atomic E-state index is -1.72. The molecular formula is C36H66Cl2Pd2. The quantitative estimate of drug-likeness (QED) is 0.236. The summed E-state index contributed by atoms with van der Waals surface area (Å²) in [6, 6.07) is 0. The predicted octanol–water partition coefficient (Wildman–Crippen LogP) is 15.1. The van der Waals surface area contributed by atoms with E-state index in [1.54, 1.807) is 0 Å². The van der Waals surface area contributed by atoms with Crippen LogP contribution >= 0.6 is 19.1 Å². The van der Waals surface area contributed by atoms with Crippen molar-refractivity contribution in [3.8, 4) is 0 Å². The van der Waals surface area contributed by atoms with Gasteiger partial charge < -0.3 is 0 Å². The van der Waals surface area contributed by atoms with E-state index >= 15 is 0 Å². The molecule has 0 aliphatic heterocycles. The van der Waals surface area contributed by atoms with Gasteiger partial charge in [0.05, 0.1) is 0 Å². The number of hydrogen-bond acceptors (Lipinski definition) is 0. The van der Waals surface area contributed by atoms with Gasteiger partial charge in [-0.3, -0.25) is 0 Å². The summed E-state index contributed by atoms with van der Waals surface area (Å²) in [4.78, 5) is 0. The van der Waals surface area contributed by atoms with Crippen molar-refractivity contribution in [3.05, 3.63) is 0 Å². The van der Waals surface area contributed by atoms with Crippen LogP contribution in [0.5, 0.6) is 0 Å². The van der Waals surface area contributed by atoms with Gasteiger partial charge in [-0.25, -0.2) is 0 Å². The van der Waals surface area contributed by atoms with Gasteiger partial charge in [-0.2, -0.15) is 0 Å². The van der Waals surface area contributed by atoms with Gasteiger partial charge in [0.1, 0.15) is 0 Å². The first-order valence-corrected chi connectivity index (χ1v) is 27.6. The van der Waals surface area contributed by atoms with E-state index in [0.717, 1.165) is 26.3 Å². The summed E-state index contributed by atoms with van der Waals surface area (Å²) in [6.07, 6.45) is 44.6. The molecule has 0 nitrogen and oxygen atoms in total. The third kappa shape index (κ3) is 8.18. The van der Waals surface area contributed by atoms with Crippen LogP contribution in [-0.2, 0) is 29.0 Å². The molecule has 0 heterocycles. The predicted molar refractivity (Wildman–Crippen MR) is 173 cm³/mol. The molecule has 0 N–H and O–H groups in total. The molecule has 0 amide bonds. The molecule has 0 spiro atoms. The second-order valence-corrected chi connectivity index (χ2v) is 31.8. The third-order valence-corrected chi connectivity index (χ3v) is 35.4. The first kappa shape index (κ1) is 33.3. The average Bonchev–Trinajstić information content (AvgIpc) is 3.07. The molecule has 0 aromatic carbocycles. The third-order valence-electron chi connectivity index (χ3n) is 11.4. The van der Waals surface area contributed by atoms with E-state index in [2.05, 4.69) is 0 Å². The van der Waals surface area contributed by atoms with Crippen molar-refractivity contribution >= 4 is 19.1 Å². The minimum absolute atomic E-state index is 0.987. The van der Waals surface area contributed by atoms with Gasteiger partial charge >= 0.3 is 267 Å². The van der Waals surface area contributed by atoms with Crippen molar-refractivity contribution < 1.29 is 29.0 Å². The topological polar surface area (TPSA) is 0 Å². The van der Waals surface area contributed by atoms with Crippen LogP contribution in [0.15, 0.2) is 0 Å². The van der Waals surface area contributed by atoms with Crippen molar-refractivity contribution in [1.29, 1.82) is 0 Å². The molecule has 0 bridgehead atoms. The molecule has 0 saturated heterocycles. The molecule has 6 saturated carbocycles. The molecule has 4 heteroatoms. The summed E-state index contributed by atoms with van der Waals surface area (Å²) in [6.45, 7) is 0. The summed E-state index contributed by atoms with van der Waals surface area (Å²) >= 11 is -3.43. The second-order valence-electron chi connectivity index (χ2n) is 14.2. The fourth-order valence-corrected chi connectivity index (χ4v) is 32.3. The number of halogens is 2. The first-order chi connectivity index (χ1) is 19.6. The van der Waals surface area contributed by atoms with Crippen LogP contribution in [0.2, 0.25) is 26.3 Å². The summed E-state index contributed by atoms with van der Waals surface area (Å²) in [7, 11) is 15.5. The molecule has 0 aromatic rings. The summed E-state index contributed by atoms with van der Waals surface area (Å²) in [5.74, 6) is 0. The summed E-state index contributed by atoms with van der Waals surface area (Å²) in [5, 5.41) is 0. The molecular weight excluding hydrogens is 716 g/mol. The van der Waals surface area contributed by atoms with Crippen molar-refractivity contribution in [2.45, 2.75) is 219 Å². The van der Waals surface area contributed by atoms with Gasteiger partial charge in [0.2, 0.25) is 0 Å². The number of hydrogen-bond donors (Lipinski definition) is 0. The fourth-order valence-electron chi connectivity index (χ4n) is 9.11. The van der Waals surface area contributed by atoms with Gasteiger partial charge in [0.25, 0.3) is 0 Å². The van der Waals surface area contributed by atoms with Crippen LogP contribution < -0.4 is 0 Å². The normalized spacial score (nSPS) is 29.4. The van der Waals surface area contributed by atoms with E-state index in [0.29, 0.717) is 0 Å². The van der Waals surface area contributed by atoms with E-state index < -0.39 is 29.0 Å². The molecule has 6 aliphatic carbocycles. The summed E-state index contributed by atoms with van der Waals surface area (Å²) in [5.41, 5.74) is 0. The van der Waals surface area contributed by atoms with Crippen molar-refractivity contribution in [2.75, 3.05) is 0 Å². The Hall–Kier alpha value is 1.90. The van der Waals surface area contributed by atoms with Crippen LogP contribution in [0.3, 0.4) is 0 Å². The Kier molecular flexibility index (Phi) is 14.1. The first-order valence-electron chi connectivity index (χ1n) is 18.2. The van der Waals surface area contributed by atoms with Gasteiger partial charge in [-0.05, 0) is 0 Å². The van der Waals surface area contributed by atoms with Crippen molar-refractivity contribution in [3.63, 3.8) is 0 Å². The maximum absolute atomic E-state index is 7.73. The average molecular weight is 783 g/mol. The Morgan fingerprint density at radius 2 is 0.350 bits per heavy atom. The molecule has 0 aromatic heterocycles. The Morgan fingerprint density at radius 1 is 0.225 bits per heavy atom. The molecule has 40 heavy (non-hydrogen) atoms. The molecule has 0 atom stereocenters. The van der Waals surface area contributed by atoms with Crippen LogP contribution in [-0.4, -0.2) is 0 Å². The molecule has 6 rings (SSSR count). The second kappa shape index (κ2) is 17.0. The van der Waals surface area contributed by atoms with Gasteiger partial charge in [0, 0.05) is 0 Å². The Balaban J connectivity index is 0.000000161. The van der Waals surface area contributed by atoms with Crippen molar-refractivity contribution in [1.82, 2.24) is 0 Å². The monoisotopic (exact) mass is 780 g/mol. The fraction of sp³-hybridized carbons (Fsp3) is 1.00.